The van der Waals surface area contributed by atoms with Crippen LogP contribution in [0.4, 0.5) is 15.8 Å². The number of halogens is 1. The van der Waals surface area contributed by atoms with Crippen LogP contribution < -0.4 is 10.1 Å². The number of amidine groups is 1. The van der Waals surface area contributed by atoms with Crippen molar-refractivity contribution < 1.29 is 24.0 Å². The molecule has 0 aromatic heterocycles. The summed E-state index contributed by atoms with van der Waals surface area (Å²) in [6.45, 7) is 0. The summed E-state index contributed by atoms with van der Waals surface area (Å²) >= 11 is 1.03. The average molecular weight is 389 g/mol. The maximum atomic E-state index is 12.9. The molecule has 1 aliphatic heterocycles. The summed E-state index contributed by atoms with van der Waals surface area (Å²) in [6.07, 6.45) is 1.42. The molecule has 0 atom stereocenters. The first-order chi connectivity index (χ1) is 12.9. The lowest BCUT2D eigenvalue weighted by atomic mass is 10.1. The van der Waals surface area contributed by atoms with Gasteiger partial charge in [-0.05, 0) is 53.7 Å². The molecule has 1 aliphatic rings. The summed E-state index contributed by atoms with van der Waals surface area (Å²) in [5.41, 5.74) is 0.226. The quantitative estimate of drug-likeness (QED) is 0.471. The van der Waals surface area contributed by atoms with Crippen molar-refractivity contribution in [1.82, 2.24) is 5.32 Å². The van der Waals surface area contributed by atoms with Gasteiger partial charge in [-0.15, -0.1) is 0 Å². The number of hydrogen-bond donors (Lipinski definition) is 2. The lowest BCUT2D eigenvalue weighted by Crippen LogP contribution is -2.19. The van der Waals surface area contributed by atoms with Gasteiger partial charge in [0.1, 0.15) is 5.82 Å². The first-order valence-corrected chi connectivity index (χ1v) is 8.29. The minimum Gasteiger partial charge on any atom is -0.500 e. The number of carbonyl (C=O) groups is 1. The number of nitro groups is 1. The molecule has 0 bridgehead atoms. The summed E-state index contributed by atoms with van der Waals surface area (Å²) in [4.78, 5) is 26.9. The van der Waals surface area contributed by atoms with Crippen LogP contribution in [0, 0.1) is 15.9 Å². The molecule has 2 aromatic rings. The molecule has 2 aromatic carbocycles. The van der Waals surface area contributed by atoms with Crippen molar-refractivity contribution in [1.29, 1.82) is 0 Å². The monoisotopic (exact) mass is 389 g/mol. The standard InChI is InChI=1S/C17H12FN3O5S/c1-26-13-7-9(6-12(15(13)22)21(24)25)8-14-16(23)20-17(27-14)19-11-4-2-10(18)3-5-11/h2-8,22H,1H3,(H,19,20,23)/b14-8-. The van der Waals surface area contributed by atoms with Gasteiger partial charge in [0.25, 0.3) is 5.91 Å². The Morgan fingerprint density at radius 3 is 2.67 bits per heavy atom. The lowest BCUT2D eigenvalue weighted by molar-refractivity contribution is -0.386. The first-order valence-electron chi connectivity index (χ1n) is 7.48. The van der Waals surface area contributed by atoms with Crippen LogP contribution in [0.1, 0.15) is 5.56 Å². The Labute approximate surface area is 156 Å². The van der Waals surface area contributed by atoms with Gasteiger partial charge in [0.05, 0.1) is 22.6 Å². The van der Waals surface area contributed by atoms with Crippen LogP contribution in [0.2, 0.25) is 0 Å². The van der Waals surface area contributed by atoms with Gasteiger partial charge >= 0.3 is 5.69 Å². The molecule has 8 nitrogen and oxygen atoms in total. The molecule has 3 rings (SSSR count). The number of nitrogens with one attached hydrogen (secondary N) is 1. The van der Waals surface area contributed by atoms with Gasteiger partial charge in [-0.25, -0.2) is 9.38 Å². The maximum absolute atomic E-state index is 12.9. The summed E-state index contributed by atoms with van der Waals surface area (Å²) < 4.78 is 17.9. The van der Waals surface area contributed by atoms with E-state index in [1.807, 2.05) is 0 Å². The third kappa shape index (κ3) is 4.06. The molecule has 1 heterocycles. The van der Waals surface area contributed by atoms with E-state index in [2.05, 4.69) is 10.3 Å². The van der Waals surface area contributed by atoms with Crippen molar-refractivity contribution in [2.45, 2.75) is 0 Å². The molecule has 1 fully saturated rings. The molecule has 10 heteroatoms. The number of carbonyl (C=O) groups excluding carboxylic acids is 1. The number of phenols is 1. The number of nitrogens with zero attached hydrogens (tertiary/aromatic N) is 2. The van der Waals surface area contributed by atoms with Gasteiger partial charge < -0.3 is 15.2 Å². The normalized spacial score (nSPS) is 16.6. The maximum Gasteiger partial charge on any atom is 0.315 e. The Hall–Kier alpha value is -3.40. The highest BCUT2D eigenvalue weighted by Crippen LogP contribution is 2.38. The lowest BCUT2D eigenvalue weighted by Gasteiger charge is -2.05. The van der Waals surface area contributed by atoms with Crippen LogP contribution >= 0.6 is 11.8 Å². The van der Waals surface area contributed by atoms with E-state index in [0.29, 0.717) is 11.3 Å². The number of benzene rings is 2. The van der Waals surface area contributed by atoms with E-state index < -0.39 is 28.1 Å². The molecule has 27 heavy (non-hydrogen) atoms. The summed E-state index contributed by atoms with van der Waals surface area (Å²) in [6, 6.07) is 7.93. The van der Waals surface area contributed by atoms with Crippen LogP contribution in [0.15, 0.2) is 46.3 Å². The number of phenolic OH excluding ortho intramolecular Hbond substituents is 1. The molecule has 2 N–H and O–H groups in total. The minimum atomic E-state index is -0.747. The topological polar surface area (TPSA) is 114 Å². The largest absolute Gasteiger partial charge is 0.500 e. The van der Waals surface area contributed by atoms with Gasteiger partial charge in [0, 0.05) is 6.07 Å². The number of nitro benzene ring substituents is 1. The zero-order valence-electron chi connectivity index (χ0n) is 13.8. The van der Waals surface area contributed by atoms with Crippen LogP contribution in [-0.2, 0) is 4.79 Å². The smallest absolute Gasteiger partial charge is 0.315 e. The summed E-state index contributed by atoms with van der Waals surface area (Å²) in [5.74, 6) is -1.51. The fourth-order valence-corrected chi connectivity index (χ4v) is 3.10. The predicted octanol–water partition coefficient (Wildman–Crippen LogP) is 3.34. The van der Waals surface area contributed by atoms with Gasteiger partial charge in [-0.1, -0.05) is 0 Å². The number of amides is 1. The van der Waals surface area contributed by atoms with Crippen molar-refractivity contribution in [3.05, 3.63) is 62.8 Å². The second-order valence-electron chi connectivity index (χ2n) is 5.31. The first kappa shape index (κ1) is 18.4. The van der Waals surface area contributed by atoms with E-state index in [-0.39, 0.29) is 15.8 Å². The number of aromatic hydroxyl groups is 1. The predicted molar refractivity (Wildman–Crippen MR) is 98.5 cm³/mol. The van der Waals surface area contributed by atoms with Crippen molar-refractivity contribution in [3.63, 3.8) is 0 Å². The second-order valence-corrected chi connectivity index (χ2v) is 6.34. The van der Waals surface area contributed by atoms with Crippen molar-refractivity contribution in [2.24, 2.45) is 4.99 Å². The molecule has 1 amide bonds. The third-order valence-electron chi connectivity index (χ3n) is 3.50. The van der Waals surface area contributed by atoms with Gasteiger partial charge in [-0.2, -0.15) is 0 Å². The number of rotatable bonds is 4. The van der Waals surface area contributed by atoms with E-state index in [1.165, 1.54) is 43.5 Å². The van der Waals surface area contributed by atoms with E-state index in [9.17, 15) is 24.4 Å². The van der Waals surface area contributed by atoms with Crippen LogP contribution in [0.3, 0.4) is 0 Å². The van der Waals surface area contributed by atoms with E-state index in [0.717, 1.165) is 17.8 Å². The molecule has 1 saturated heterocycles. The van der Waals surface area contributed by atoms with E-state index >= 15 is 0 Å². The van der Waals surface area contributed by atoms with Gasteiger partial charge in [0.15, 0.2) is 10.9 Å². The minimum absolute atomic E-state index is 0.0837. The van der Waals surface area contributed by atoms with Crippen LogP contribution in [0.5, 0.6) is 11.5 Å². The van der Waals surface area contributed by atoms with Crippen LogP contribution in [-0.4, -0.2) is 28.2 Å². The van der Waals surface area contributed by atoms with Crippen molar-refractivity contribution in [2.75, 3.05) is 7.11 Å². The number of aliphatic imine (C=N–C) groups is 1. The molecule has 138 valence electrons. The van der Waals surface area contributed by atoms with Gasteiger partial charge in [0.2, 0.25) is 5.75 Å². The fraction of sp³-hybridized carbons (Fsp3) is 0.0588. The number of hydrogen-bond acceptors (Lipinski definition) is 7. The molecule has 0 radical (unpaired) electrons. The van der Waals surface area contributed by atoms with Crippen molar-refractivity contribution in [3.8, 4) is 11.5 Å². The fourth-order valence-electron chi connectivity index (χ4n) is 2.26. The Morgan fingerprint density at radius 1 is 1.33 bits per heavy atom. The van der Waals surface area contributed by atoms with Crippen molar-refractivity contribution >= 4 is 40.3 Å². The zero-order chi connectivity index (χ0) is 19.6. The molecular weight excluding hydrogens is 377 g/mol. The molecular formula is C17H12FN3O5S. The van der Waals surface area contributed by atoms with E-state index in [1.54, 1.807) is 0 Å². The number of ether oxygens (including phenoxy) is 1. The van der Waals surface area contributed by atoms with Crippen LogP contribution in [0.25, 0.3) is 6.08 Å². The Balaban J connectivity index is 1.91. The van der Waals surface area contributed by atoms with Gasteiger partial charge in [-0.3, -0.25) is 14.9 Å². The van der Waals surface area contributed by atoms with E-state index in [4.69, 9.17) is 4.74 Å². The summed E-state index contributed by atoms with van der Waals surface area (Å²) in [7, 11) is 1.26. The zero-order valence-corrected chi connectivity index (χ0v) is 14.6. The second kappa shape index (κ2) is 7.46. The summed E-state index contributed by atoms with van der Waals surface area (Å²) in [5, 5.41) is 23.7. The highest BCUT2D eigenvalue weighted by Gasteiger charge is 2.25. The average Bonchev–Trinajstić information content (AvgIpc) is 2.97. The number of thioether (sulfide) groups is 1. The highest BCUT2D eigenvalue weighted by molar-refractivity contribution is 8.18. The third-order valence-corrected chi connectivity index (χ3v) is 4.41. The molecule has 0 aliphatic carbocycles. The molecule has 0 unspecified atom stereocenters. The molecule has 0 saturated carbocycles. The highest BCUT2D eigenvalue weighted by atomic mass is 32.2. The Kier molecular flexibility index (Phi) is 5.08. The molecule has 0 spiro atoms. The SMILES string of the molecule is COc1cc(/C=C2\SC(=Nc3ccc(F)cc3)NC2=O)cc([N+](=O)[O-])c1O. The Bertz CT molecular complexity index is 989. The Morgan fingerprint density at radius 2 is 2.04 bits per heavy atom. The number of methoxy groups -OCH3 is 1.